The van der Waals surface area contributed by atoms with E-state index < -0.39 is 0 Å². The summed E-state index contributed by atoms with van der Waals surface area (Å²) < 4.78 is 0. The molecule has 0 saturated heterocycles. The van der Waals surface area contributed by atoms with Crippen LogP contribution in [0.5, 0.6) is 0 Å². The van der Waals surface area contributed by atoms with Crippen LogP contribution in [0.4, 0.5) is 0 Å². The summed E-state index contributed by atoms with van der Waals surface area (Å²) in [5.74, 6) is -0.135. The van der Waals surface area contributed by atoms with Crippen LogP contribution < -0.4 is 0 Å². The van der Waals surface area contributed by atoms with Gasteiger partial charge in [-0.3, -0.25) is 4.79 Å². The number of hydrogen-bond acceptors (Lipinski definition) is 2. The standard InChI is InChI=1S/C10H14O2/c1-2-8-5-3-4-6-9(8)10(12)7-11/h2,11H,1,3-7H2. The van der Waals surface area contributed by atoms with Crippen molar-refractivity contribution in [3.63, 3.8) is 0 Å². The maximum atomic E-state index is 11.2. The van der Waals surface area contributed by atoms with Crippen LogP contribution in [0.15, 0.2) is 23.8 Å². The second-order valence-electron chi connectivity index (χ2n) is 3.00. The van der Waals surface area contributed by atoms with Crippen LogP contribution in [0.3, 0.4) is 0 Å². The molecule has 0 aromatic heterocycles. The fourth-order valence-corrected chi connectivity index (χ4v) is 1.57. The van der Waals surface area contributed by atoms with Gasteiger partial charge < -0.3 is 5.11 Å². The van der Waals surface area contributed by atoms with Crippen molar-refractivity contribution in [2.75, 3.05) is 6.61 Å². The molecule has 0 aliphatic heterocycles. The quantitative estimate of drug-likeness (QED) is 0.691. The number of carbonyl (C=O) groups excluding carboxylic acids is 1. The third kappa shape index (κ3) is 1.83. The summed E-state index contributed by atoms with van der Waals surface area (Å²) in [6.07, 6.45) is 5.66. The van der Waals surface area contributed by atoms with E-state index in [2.05, 4.69) is 6.58 Å². The van der Waals surface area contributed by atoms with Crippen molar-refractivity contribution in [3.8, 4) is 0 Å². The Bertz CT molecular complexity index is 226. The van der Waals surface area contributed by atoms with Crippen LogP contribution >= 0.6 is 0 Å². The predicted molar refractivity (Wildman–Crippen MR) is 47.8 cm³/mol. The lowest BCUT2D eigenvalue weighted by atomic mass is 9.89. The molecule has 12 heavy (non-hydrogen) atoms. The molecule has 0 heterocycles. The second kappa shape index (κ2) is 4.21. The van der Waals surface area contributed by atoms with Gasteiger partial charge in [-0.15, -0.1) is 0 Å². The predicted octanol–water partition coefficient (Wildman–Crippen LogP) is 1.60. The summed E-state index contributed by atoms with van der Waals surface area (Å²) in [7, 11) is 0. The molecule has 0 saturated carbocycles. The lowest BCUT2D eigenvalue weighted by molar-refractivity contribution is -0.118. The van der Waals surface area contributed by atoms with Gasteiger partial charge in [-0.05, 0) is 31.3 Å². The van der Waals surface area contributed by atoms with Gasteiger partial charge in [0.1, 0.15) is 6.61 Å². The van der Waals surface area contributed by atoms with Crippen LogP contribution in [-0.2, 0) is 4.79 Å². The van der Waals surface area contributed by atoms with E-state index in [0.29, 0.717) is 0 Å². The smallest absolute Gasteiger partial charge is 0.184 e. The highest BCUT2D eigenvalue weighted by Gasteiger charge is 2.15. The molecule has 0 fully saturated rings. The summed E-state index contributed by atoms with van der Waals surface area (Å²) in [5, 5.41) is 8.68. The first-order valence-electron chi connectivity index (χ1n) is 4.28. The van der Waals surface area contributed by atoms with Crippen molar-refractivity contribution in [2.24, 2.45) is 0 Å². The lowest BCUT2D eigenvalue weighted by Crippen LogP contribution is -2.12. The van der Waals surface area contributed by atoms with Crippen LogP contribution in [-0.4, -0.2) is 17.5 Å². The fourth-order valence-electron chi connectivity index (χ4n) is 1.57. The largest absolute Gasteiger partial charge is 0.388 e. The van der Waals surface area contributed by atoms with E-state index in [1.807, 2.05) is 0 Å². The van der Waals surface area contributed by atoms with Gasteiger partial charge in [0.25, 0.3) is 0 Å². The molecule has 0 aromatic carbocycles. The Balaban J connectivity index is 2.86. The van der Waals surface area contributed by atoms with Crippen molar-refractivity contribution in [2.45, 2.75) is 25.7 Å². The monoisotopic (exact) mass is 166 g/mol. The van der Waals surface area contributed by atoms with E-state index >= 15 is 0 Å². The third-order valence-electron chi connectivity index (χ3n) is 2.24. The molecule has 1 rings (SSSR count). The average Bonchev–Trinajstić information content (AvgIpc) is 2.16. The molecule has 2 nitrogen and oxygen atoms in total. The number of aliphatic hydroxyl groups is 1. The molecule has 2 heteroatoms. The highest BCUT2D eigenvalue weighted by Crippen LogP contribution is 2.25. The maximum absolute atomic E-state index is 11.2. The summed E-state index contributed by atoms with van der Waals surface area (Å²) in [6.45, 7) is 3.29. The van der Waals surface area contributed by atoms with Crippen LogP contribution in [0, 0.1) is 0 Å². The molecule has 0 unspecified atom stereocenters. The zero-order valence-corrected chi connectivity index (χ0v) is 7.18. The number of aliphatic hydroxyl groups excluding tert-OH is 1. The summed E-state index contributed by atoms with van der Waals surface area (Å²) in [4.78, 5) is 11.2. The zero-order valence-electron chi connectivity index (χ0n) is 7.18. The number of Topliss-reactive ketones (excluding diaryl/α,β-unsaturated/α-hetero) is 1. The molecule has 1 aliphatic rings. The van der Waals surface area contributed by atoms with E-state index in [0.717, 1.165) is 36.8 Å². The van der Waals surface area contributed by atoms with Crippen LogP contribution in [0.2, 0.25) is 0 Å². The SMILES string of the molecule is C=CC1=C(C(=O)CO)CCCC1. The zero-order chi connectivity index (χ0) is 8.97. The van der Waals surface area contributed by atoms with E-state index in [1.54, 1.807) is 6.08 Å². The van der Waals surface area contributed by atoms with Gasteiger partial charge in [0.15, 0.2) is 5.78 Å². The summed E-state index contributed by atoms with van der Waals surface area (Å²) in [6, 6.07) is 0. The van der Waals surface area contributed by atoms with Gasteiger partial charge in [0.05, 0.1) is 0 Å². The van der Waals surface area contributed by atoms with Gasteiger partial charge in [0, 0.05) is 5.57 Å². The van der Waals surface area contributed by atoms with Crippen molar-refractivity contribution in [1.82, 2.24) is 0 Å². The molecule has 0 bridgehead atoms. The Morgan fingerprint density at radius 3 is 2.75 bits per heavy atom. The molecule has 66 valence electrons. The van der Waals surface area contributed by atoms with Crippen molar-refractivity contribution >= 4 is 5.78 Å². The van der Waals surface area contributed by atoms with Crippen molar-refractivity contribution < 1.29 is 9.90 Å². The molecule has 0 radical (unpaired) electrons. The van der Waals surface area contributed by atoms with Gasteiger partial charge in [0.2, 0.25) is 0 Å². The van der Waals surface area contributed by atoms with Gasteiger partial charge >= 0.3 is 0 Å². The van der Waals surface area contributed by atoms with E-state index in [9.17, 15) is 4.79 Å². The lowest BCUT2D eigenvalue weighted by Gasteiger charge is -2.15. The topological polar surface area (TPSA) is 37.3 Å². The first kappa shape index (κ1) is 9.20. The Morgan fingerprint density at radius 2 is 2.17 bits per heavy atom. The molecule has 1 aliphatic carbocycles. The summed E-state index contributed by atoms with van der Waals surface area (Å²) >= 11 is 0. The Labute approximate surface area is 72.6 Å². The fraction of sp³-hybridized carbons (Fsp3) is 0.500. The van der Waals surface area contributed by atoms with E-state index in [4.69, 9.17) is 5.11 Å². The minimum atomic E-state index is -0.368. The Hall–Kier alpha value is -0.890. The first-order valence-corrected chi connectivity index (χ1v) is 4.28. The van der Waals surface area contributed by atoms with Gasteiger partial charge in [-0.1, -0.05) is 12.7 Å². The summed E-state index contributed by atoms with van der Waals surface area (Å²) in [5.41, 5.74) is 1.82. The van der Waals surface area contributed by atoms with Gasteiger partial charge in [-0.2, -0.15) is 0 Å². The van der Waals surface area contributed by atoms with Crippen LogP contribution in [0.25, 0.3) is 0 Å². The van der Waals surface area contributed by atoms with E-state index in [1.165, 1.54) is 0 Å². The van der Waals surface area contributed by atoms with Crippen LogP contribution in [0.1, 0.15) is 25.7 Å². The second-order valence-corrected chi connectivity index (χ2v) is 3.00. The number of rotatable bonds is 3. The number of ketones is 1. The van der Waals surface area contributed by atoms with Crippen molar-refractivity contribution in [1.29, 1.82) is 0 Å². The maximum Gasteiger partial charge on any atom is 0.184 e. The first-order chi connectivity index (χ1) is 5.79. The third-order valence-corrected chi connectivity index (χ3v) is 2.24. The molecule has 0 amide bonds. The minimum absolute atomic E-state index is 0.135. The Kier molecular flexibility index (Phi) is 3.23. The highest BCUT2D eigenvalue weighted by atomic mass is 16.3. The molecule has 0 atom stereocenters. The highest BCUT2D eigenvalue weighted by molar-refractivity contribution is 5.97. The Morgan fingerprint density at radius 1 is 1.50 bits per heavy atom. The molecule has 0 aromatic rings. The van der Waals surface area contributed by atoms with E-state index in [-0.39, 0.29) is 12.4 Å². The van der Waals surface area contributed by atoms with Gasteiger partial charge in [-0.25, -0.2) is 0 Å². The normalized spacial score (nSPS) is 17.8. The minimum Gasteiger partial charge on any atom is -0.388 e. The molecule has 1 N–H and O–H groups in total. The van der Waals surface area contributed by atoms with Crippen molar-refractivity contribution in [3.05, 3.63) is 23.8 Å². The average molecular weight is 166 g/mol. The number of allylic oxidation sites excluding steroid dienone is 2. The molecule has 0 spiro atoms. The number of carbonyl (C=O) groups is 1. The molecular formula is C10H14O2. The molecular weight excluding hydrogens is 152 g/mol. The number of hydrogen-bond donors (Lipinski definition) is 1.